The summed E-state index contributed by atoms with van der Waals surface area (Å²) in [5, 5.41) is 33.1. The molecule has 2 aromatic rings. The SMILES string of the molecule is CN1NN(C[C@@H](O)COc2ccc(C(C)(C)c3ccc(OC[C@H](O)CCl)c(I)c3)cc2)C(I)=C1CO. The Balaban J connectivity index is 1.58. The average Bonchev–Trinajstić information content (AvgIpc) is 3.13. The lowest BCUT2D eigenvalue weighted by atomic mass is 9.78. The Labute approximate surface area is 244 Å². The van der Waals surface area contributed by atoms with E-state index < -0.39 is 12.2 Å². The van der Waals surface area contributed by atoms with E-state index in [1.165, 1.54) is 0 Å². The highest BCUT2D eigenvalue weighted by molar-refractivity contribution is 14.1. The highest BCUT2D eigenvalue weighted by atomic mass is 127. The summed E-state index contributed by atoms with van der Waals surface area (Å²) in [5.74, 6) is 1.53. The maximum atomic E-state index is 10.5. The lowest BCUT2D eigenvalue weighted by Crippen LogP contribution is -2.43. The second-order valence-electron chi connectivity index (χ2n) is 9.04. The van der Waals surface area contributed by atoms with Crippen molar-refractivity contribution in [3.63, 3.8) is 0 Å². The molecule has 36 heavy (non-hydrogen) atoms. The van der Waals surface area contributed by atoms with E-state index >= 15 is 0 Å². The Kier molecular flexibility index (Phi) is 10.8. The molecule has 0 amide bonds. The first-order chi connectivity index (χ1) is 17.1. The lowest BCUT2D eigenvalue weighted by Gasteiger charge is -2.27. The smallest absolute Gasteiger partial charge is 0.132 e. The van der Waals surface area contributed by atoms with Crippen molar-refractivity contribution in [3.05, 3.63) is 66.6 Å². The molecule has 0 saturated carbocycles. The van der Waals surface area contributed by atoms with Gasteiger partial charge in [-0.25, -0.2) is 0 Å². The van der Waals surface area contributed by atoms with Crippen molar-refractivity contribution < 1.29 is 24.8 Å². The maximum absolute atomic E-state index is 10.5. The Morgan fingerprint density at radius 3 is 2.22 bits per heavy atom. The number of hydrogen-bond donors (Lipinski definition) is 4. The van der Waals surface area contributed by atoms with Gasteiger partial charge in [-0.15, -0.1) is 17.1 Å². The molecule has 2 aromatic carbocycles. The van der Waals surface area contributed by atoms with E-state index in [0.29, 0.717) is 12.3 Å². The van der Waals surface area contributed by atoms with E-state index in [-0.39, 0.29) is 31.1 Å². The van der Waals surface area contributed by atoms with Gasteiger partial charge in [0.2, 0.25) is 0 Å². The zero-order chi connectivity index (χ0) is 26.5. The standard InChI is InChI=1S/C25H32ClI2N3O5/c1-25(2,17-6-9-23(21(27)10-17)36-14-18(33)11-26)16-4-7-20(8-5-16)35-15-19(34)12-31-24(28)22(13-32)30(3)29-31/h4-10,18-19,29,32-34H,11-15H2,1-3H3/t18-,19-/m1/s1. The van der Waals surface area contributed by atoms with Gasteiger partial charge in [-0.1, -0.05) is 32.0 Å². The number of aliphatic hydroxyl groups is 3. The van der Waals surface area contributed by atoms with Crippen molar-refractivity contribution >= 4 is 56.8 Å². The quantitative estimate of drug-likeness (QED) is 0.149. The number of rotatable bonds is 12. The van der Waals surface area contributed by atoms with Crippen LogP contribution in [0.4, 0.5) is 0 Å². The molecule has 0 saturated heterocycles. The van der Waals surface area contributed by atoms with Gasteiger partial charge in [0.25, 0.3) is 0 Å². The normalized spacial score (nSPS) is 15.9. The second kappa shape index (κ2) is 13.2. The van der Waals surface area contributed by atoms with Crippen molar-refractivity contribution in [2.45, 2.75) is 31.5 Å². The van der Waals surface area contributed by atoms with Crippen LogP contribution in [0, 0.1) is 3.57 Å². The van der Waals surface area contributed by atoms with Crippen molar-refractivity contribution in [1.29, 1.82) is 0 Å². The summed E-state index contributed by atoms with van der Waals surface area (Å²) in [5.41, 5.74) is 5.83. The van der Waals surface area contributed by atoms with Crippen LogP contribution >= 0.6 is 56.8 Å². The zero-order valence-corrected chi connectivity index (χ0v) is 25.5. The molecule has 4 N–H and O–H groups in total. The van der Waals surface area contributed by atoms with Crippen molar-refractivity contribution in [2.75, 3.05) is 39.3 Å². The van der Waals surface area contributed by atoms with Crippen molar-refractivity contribution in [3.8, 4) is 11.5 Å². The monoisotopic (exact) mass is 743 g/mol. The van der Waals surface area contributed by atoms with Gasteiger partial charge < -0.3 is 24.8 Å². The number of benzene rings is 2. The number of halogens is 3. The molecule has 198 valence electrons. The molecular weight excluding hydrogens is 712 g/mol. The molecule has 11 heteroatoms. The summed E-state index contributed by atoms with van der Waals surface area (Å²) in [6.07, 6.45) is -1.42. The maximum Gasteiger partial charge on any atom is 0.132 e. The van der Waals surface area contributed by atoms with Gasteiger partial charge in [-0.3, -0.25) is 10.0 Å². The molecule has 8 nitrogen and oxygen atoms in total. The molecule has 0 aliphatic carbocycles. The van der Waals surface area contributed by atoms with Crippen LogP contribution in [-0.4, -0.2) is 76.8 Å². The van der Waals surface area contributed by atoms with E-state index in [9.17, 15) is 15.3 Å². The van der Waals surface area contributed by atoms with Gasteiger partial charge in [-0.05, 0) is 80.6 Å². The van der Waals surface area contributed by atoms with Crippen LogP contribution in [-0.2, 0) is 5.41 Å². The van der Waals surface area contributed by atoms with Crippen molar-refractivity contribution in [1.82, 2.24) is 15.6 Å². The number of likely N-dealkylation sites (N-methyl/N-ethyl adjacent to an activating group) is 1. The summed E-state index contributed by atoms with van der Waals surface area (Å²) in [4.78, 5) is 0. The van der Waals surface area contributed by atoms with Gasteiger partial charge in [0.05, 0.1) is 28.3 Å². The largest absolute Gasteiger partial charge is 0.491 e. The molecular formula is C25H32ClI2N3O5. The molecule has 3 rings (SSSR count). The number of hydrogen-bond acceptors (Lipinski definition) is 8. The number of alkyl halides is 1. The van der Waals surface area contributed by atoms with Gasteiger partial charge in [0.15, 0.2) is 0 Å². The Morgan fingerprint density at radius 1 is 1.00 bits per heavy atom. The molecule has 0 spiro atoms. The molecule has 0 unspecified atom stereocenters. The summed E-state index contributed by atoms with van der Waals surface area (Å²) in [6, 6.07) is 13.9. The number of hydrazine groups is 2. The molecule has 0 aromatic heterocycles. The number of aliphatic hydroxyl groups excluding tert-OH is 3. The van der Waals surface area contributed by atoms with Crippen LogP contribution in [0.5, 0.6) is 11.5 Å². The van der Waals surface area contributed by atoms with Crippen LogP contribution in [0.1, 0.15) is 25.0 Å². The van der Waals surface area contributed by atoms with Gasteiger partial charge in [0, 0.05) is 12.5 Å². The average molecular weight is 744 g/mol. The third kappa shape index (κ3) is 7.29. The number of ether oxygens (including phenoxy) is 2. The number of β-amino-alcohol motifs (C(OH)–C–C–N with tert-alkyl or cyclic N) is 1. The molecule has 0 fully saturated rings. The summed E-state index contributed by atoms with van der Waals surface area (Å²) in [6.45, 7) is 4.85. The van der Waals surface area contributed by atoms with Crippen LogP contribution in [0.15, 0.2) is 51.9 Å². The molecule has 2 atom stereocenters. The van der Waals surface area contributed by atoms with Gasteiger partial charge in [0.1, 0.15) is 40.6 Å². The van der Waals surface area contributed by atoms with Crippen LogP contribution in [0.25, 0.3) is 0 Å². The fourth-order valence-electron chi connectivity index (χ4n) is 3.70. The predicted octanol–water partition coefficient (Wildman–Crippen LogP) is 3.60. The van der Waals surface area contributed by atoms with E-state index in [1.54, 1.807) is 10.0 Å². The third-order valence-electron chi connectivity index (χ3n) is 5.98. The fourth-order valence-corrected chi connectivity index (χ4v) is 5.30. The lowest BCUT2D eigenvalue weighted by molar-refractivity contribution is 0.0479. The molecule has 1 heterocycles. The van der Waals surface area contributed by atoms with E-state index in [2.05, 4.69) is 70.6 Å². The van der Waals surface area contributed by atoms with E-state index in [4.69, 9.17) is 21.1 Å². The first kappa shape index (κ1) is 29.5. The van der Waals surface area contributed by atoms with Crippen LogP contribution in [0.2, 0.25) is 0 Å². The minimum Gasteiger partial charge on any atom is -0.491 e. The van der Waals surface area contributed by atoms with Gasteiger partial charge in [-0.2, -0.15) is 0 Å². The molecule has 1 aliphatic rings. The van der Waals surface area contributed by atoms with Crippen LogP contribution < -0.4 is 15.0 Å². The molecule has 0 bridgehead atoms. The third-order valence-corrected chi connectivity index (χ3v) is 8.38. The number of nitrogens with one attached hydrogen (secondary N) is 1. The zero-order valence-electron chi connectivity index (χ0n) is 20.4. The fraction of sp³-hybridized carbons (Fsp3) is 0.440. The first-order valence-corrected chi connectivity index (χ1v) is 14.1. The molecule has 0 radical (unpaired) electrons. The Bertz CT molecular complexity index is 1050. The van der Waals surface area contributed by atoms with E-state index in [0.717, 1.165) is 29.8 Å². The highest BCUT2D eigenvalue weighted by Crippen LogP contribution is 2.35. The summed E-state index contributed by atoms with van der Waals surface area (Å²) < 4.78 is 13.3. The minimum atomic E-state index is -0.724. The van der Waals surface area contributed by atoms with Gasteiger partial charge >= 0.3 is 0 Å². The topological polar surface area (TPSA) is 97.7 Å². The number of nitrogens with zero attached hydrogens (tertiary/aromatic N) is 2. The van der Waals surface area contributed by atoms with E-state index in [1.807, 2.05) is 43.4 Å². The van der Waals surface area contributed by atoms with Crippen LogP contribution in [0.3, 0.4) is 0 Å². The summed E-state index contributed by atoms with van der Waals surface area (Å²) >= 11 is 10.0. The predicted molar refractivity (Wildman–Crippen MR) is 157 cm³/mol. The highest BCUT2D eigenvalue weighted by Gasteiger charge is 2.27. The minimum absolute atomic E-state index is 0.0800. The second-order valence-corrected chi connectivity index (χ2v) is 11.5. The first-order valence-electron chi connectivity index (χ1n) is 11.4. The summed E-state index contributed by atoms with van der Waals surface area (Å²) in [7, 11) is 1.81. The molecule has 1 aliphatic heterocycles. The van der Waals surface area contributed by atoms with Crippen molar-refractivity contribution in [2.24, 2.45) is 0 Å². The Hall–Kier alpha value is -1.03. The Morgan fingerprint density at radius 2 is 1.64 bits per heavy atom.